The summed E-state index contributed by atoms with van der Waals surface area (Å²) in [6, 6.07) is 13.9. The minimum atomic E-state index is -3.88. The van der Waals surface area contributed by atoms with Gasteiger partial charge >= 0.3 is 0 Å². The molecule has 172 valence electrons. The van der Waals surface area contributed by atoms with Crippen molar-refractivity contribution in [2.45, 2.75) is 18.7 Å². The molecule has 0 radical (unpaired) electrons. The van der Waals surface area contributed by atoms with E-state index in [-0.39, 0.29) is 10.8 Å². The van der Waals surface area contributed by atoms with Gasteiger partial charge in [0.2, 0.25) is 5.95 Å². The molecule has 5 rings (SSSR count). The summed E-state index contributed by atoms with van der Waals surface area (Å²) < 4.78 is 30.2. The monoisotopic (exact) mass is 510 g/mol. The highest BCUT2D eigenvalue weighted by Crippen LogP contribution is 2.28. The first-order valence-corrected chi connectivity index (χ1v) is 12.8. The zero-order chi connectivity index (χ0) is 23.9. The SMILES string of the molecule is Cc1cc(C)nc(NS(=O)(=O)c2ccc(-n3c(-c4cc(-c5cccs5)[nH]n4)n[nH]c3=S)cc2)n1. The van der Waals surface area contributed by atoms with Crippen LogP contribution in [-0.4, -0.2) is 43.3 Å². The summed E-state index contributed by atoms with van der Waals surface area (Å²) in [5, 5.41) is 16.5. The van der Waals surface area contributed by atoms with Gasteiger partial charge in [0.25, 0.3) is 10.0 Å². The average Bonchev–Trinajstić information content (AvgIpc) is 3.53. The Morgan fingerprint density at radius 1 is 1.00 bits per heavy atom. The Morgan fingerprint density at radius 2 is 1.74 bits per heavy atom. The van der Waals surface area contributed by atoms with Crippen molar-refractivity contribution in [1.82, 2.24) is 34.9 Å². The van der Waals surface area contributed by atoms with E-state index in [1.165, 1.54) is 12.1 Å². The van der Waals surface area contributed by atoms with Gasteiger partial charge in [0, 0.05) is 11.4 Å². The van der Waals surface area contributed by atoms with Gasteiger partial charge in [-0.15, -0.1) is 11.3 Å². The summed E-state index contributed by atoms with van der Waals surface area (Å²) in [6.07, 6.45) is 0. The van der Waals surface area contributed by atoms with E-state index in [2.05, 4.69) is 35.1 Å². The molecule has 34 heavy (non-hydrogen) atoms. The van der Waals surface area contributed by atoms with Crippen LogP contribution in [0.2, 0.25) is 0 Å². The second-order valence-electron chi connectivity index (χ2n) is 7.41. The Hall–Kier alpha value is -3.68. The van der Waals surface area contributed by atoms with Gasteiger partial charge in [-0.1, -0.05) is 6.07 Å². The Kier molecular flexibility index (Phi) is 5.59. The van der Waals surface area contributed by atoms with E-state index in [1.807, 2.05) is 23.6 Å². The van der Waals surface area contributed by atoms with Gasteiger partial charge in [0.05, 0.1) is 21.2 Å². The first-order valence-electron chi connectivity index (χ1n) is 10.0. The van der Waals surface area contributed by atoms with Gasteiger partial charge in [-0.05, 0) is 73.9 Å². The molecule has 4 heterocycles. The van der Waals surface area contributed by atoms with E-state index >= 15 is 0 Å². The van der Waals surface area contributed by atoms with Crippen LogP contribution in [0.15, 0.2) is 58.8 Å². The van der Waals surface area contributed by atoms with Gasteiger partial charge in [-0.2, -0.15) is 10.2 Å². The second kappa shape index (κ2) is 8.59. The summed E-state index contributed by atoms with van der Waals surface area (Å²) in [6.45, 7) is 3.55. The second-order valence-corrected chi connectivity index (χ2v) is 10.4. The molecule has 0 bridgehead atoms. The third kappa shape index (κ3) is 4.27. The topological polar surface area (TPSA) is 134 Å². The third-order valence-corrected chi connectivity index (χ3v) is 7.40. The van der Waals surface area contributed by atoms with Crippen molar-refractivity contribution < 1.29 is 8.42 Å². The summed E-state index contributed by atoms with van der Waals surface area (Å²) in [5.41, 5.74) is 3.44. The van der Waals surface area contributed by atoms with Crippen LogP contribution in [0.4, 0.5) is 5.95 Å². The number of aromatic nitrogens is 7. The number of nitrogens with zero attached hydrogens (tertiary/aromatic N) is 5. The van der Waals surface area contributed by atoms with Crippen molar-refractivity contribution in [1.29, 1.82) is 0 Å². The molecule has 0 saturated carbocycles. The predicted molar refractivity (Wildman–Crippen MR) is 132 cm³/mol. The number of nitrogens with one attached hydrogen (secondary N) is 3. The van der Waals surface area contributed by atoms with Crippen LogP contribution in [-0.2, 0) is 10.0 Å². The molecule has 0 saturated heterocycles. The highest BCUT2D eigenvalue weighted by molar-refractivity contribution is 7.92. The molecule has 0 unspecified atom stereocenters. The third-order valence-electron chi connectivity index (χ3n) is 4.88. The maximum atomic E-state index is 12.8. The molecule has 0 amide bonds. The number of rotatable bonds is 6. The normalized spacial score (nSPS) is 11.6. The lowest BCUT2D eigenvalue weighted by atomic mass is 10.3. The molecular formula is C21H18N8O2S3. The number of hydrogen-bond donors (Lipinski definition) is 3. The van der Waals surface area contributed by atoms with Crippen molar-refractivity contribution >= 4 is 39.5 Å². The van der Waals surface area contributed by atoms with E-state index in [0.717, 1.165) is 10.6 Å². The van der Waals surface area contributed by atoms with Gasteiger partial charge in [0.1, 0.15) is 5.69 Å². The fourth-order valence-corrected chi connectivity index (χ4v) is 5.30. The van der Waals surface area contributed by atoms with Crippen LogP contribution in [0.1, 0.15) is 11.4 Å². The van der Waals surface area contributed by atoms with Crippen molar-refractivity contribution in [3.8, 4) is 27.8 Å². The summed E-state index contributed by atoms with van der Waals surface area (Å²) >= 11 is 7.02. The van der Waals surface area contributed by atoms with Crippen LogP contribution < -0.4 is 4.72 Å². The molecule has 10 nitrogen and oxygen atoms in total. The van der Waals surface area contributed by atoms with Crippen LogP contribution in [0.3, 0.4) is 0 Å². The molecule has 0 fully saturated rings. The van der Waals surface area contributed by atoms with Gasteiger partial charge < -0.3 is 0 Å². The number of anilines is 1. The lowest BCUT2D eigenvalue weighted by molar-refractivity contribution is 0.600. The highest BCUT2D eigenvalue weighted by atomic mass is 32.2. The Bertz CT molecular complexity index is 1610. The maximum absolute atomic E-state index is 12.8. The van der Waals surface area contributed by atoms with Crippen LogP contribution in [0, 0.1) is 18.6 Å². The molecule has 3 N–H and O–H groups in total. The molecule has 4 aromatic heterocycles. The molecule has 0 aliphatic rings. The predicted octanol–water partition coefficient (Wildman–Crippen LogP) is 4.26. The zero-order valence-corrected chi connectivity index (χ0v) is 20.4. The smallest absolute Gasteiger partial charge is 0.264 e. The minimum Gasteiger partial charge on any atom is -0.276 e. The largest absolute Gasteiger partial charge is 0.276 e. The van der Waals surface area contributed by atoms with Crippen molar-refractivity contribution in [2.75, 3.05) is 4.72 Å². The Labute approximate surface area is 203 Å². The highest BCUT2D eigenvalue weighted by Gasteiger charge is 2.19. The number of thiophene rings is 1. The summed E-state index contributed by atoms with van der Waals surface area (Å²) in [7, 11) is -3.88. The van der Waals surface area contributed by atoms with Gasteiger partial charge in [-0.3, -0.25) is 14.8 Å². The fourth-order valence-electron chi connectivity index (χ4n) is 3.43. The number of benzene rings is 1. The number of H-pyrrole nitrogens is 2. The standard InChI is InChI=1S/C21H18N8O2S3/c1-12-10-13(2)23-20(22-12)28-34(30,31)15-7-5-14(6-8-15)29-19(26-27-21(29)32)17-11-16(24-25-17)18-4-3-9-33-18/h3-11H,1-2H3,(H,24,25)(H,27,32)(H,22,23,28). The molecule has 0 spiro atoms. The lowest BCUT2D eigenvalue weighted by Gasteiger charge is -2.09. The molecule has 0 aliphatic carbocycles. The van der Waals surface area contributed by atoms with E-state index in [4.69, 9.17) is 12.2 Å². The van der Waals surface area contributed by atoms with E-state index < -0.39 is 10.0 Å². The number of aryl methyl sites for hydroxylation is 2. The summed E-state index contributed by atoms with van der Waals surface area (Å²) in [5.74, 6) is 0.530. The molecule has 1 aromatic carbocycles. The Morgan fingerprint density at radius 3 is 2.41 bits per heavy atom. The van der Waals surface area contributed by atoms with Crippen LogP contribution in [0.5, 0.6) is 0 Å². The van der Waals surface area contributed by atoms with E-state index in [1.54, 1.807) is 48.0 Å². The maximum Gasteiger partial charge on any atom is 0.264 e. The molecule has 0 aliphatic heterocycles. The van der Waals surface area contributed by atoms with Crippen LogP contribution in [0.25, 0.3) is 27.8 Å². The quantitative estimate of drug-likeness (QED) is 0.291. The van der Waals surface area contributed by atoms with Crippen LogP contribution >= 0.6 is 23.6 Å². The first kappa shape index (κ1) is 22.1. The van der Waals surface area contributed by atoms with Gasteiger partial charge in [0.15, 0.2) is 10.6 Å². The first-order chi connectivity index (χ1) is 16.3. The molecule has 0 atom stereocenters. The van der Waals surface area contributed by atoms with Crippen molar-refractivity contribution in [3.63, 3.8) is 0 Å². The van der Waals surface area contributed by atoms with Crippen molar-refractivity contribution in [3.05, 3.63) is 70.1 Å². The average molecular weight is 511 g/mol. The zero-order valence-electron chi connectivity index (χ0n) is 18.0. The fraction of sp³-hybridized carbons (Fsp3) is 0.0952. The number of aromatic amines is 2. The number of sulfonamides is 1. The van der Waals surface area contributed by atoms with E-state index in [0.29, 0.717) is 33.4 Å². The Balaban J connectivity index is 1.45. The van der Waals surface area contributed by atoms with E-state index in [9.17, 15) is 8.42 Å². The molecule has 5 aromatic rings. The summed E-state index contributed by atoms with van der Waals surface area (Å²) in [4.78, 5) is 9.39. The lowest BCUT2D eigenvalue weighted by Crippen LogP contribution is -2.15. The minimum absolute atomic E-state index is 0.0287. The number of hydrogen-bond acceptors (Lipinski definition) is 8. The molecule has 13 heteroatoms. The van der Waals surface area contributed by atoms with Gasteiger partial charge in [-0.25, -0.2) is 23.1 Å². The van der Waals surface area contributed by atoms with Crippen molar-refractivity contribution in [2.24, 2.45) is 0 Å². The molecular weight excluding hydrogens is 492 g/mol.